The van der Waals surface area contributed by atoms with Gasteiger partial charge in [-0.15, -0.1) is 0 Å². The highest BCUT2D eigenvalue weighted by Crippen LogP contribution is 2.17. The Morgan fingerprint density at radius 2 is 1.65 bits per heavy atom. The maximum Gasteiger partial charge on any atom is 0.128 e. The van der Waals surface area contributed by atoms with Crippen molar-refractivity contribution in [3.8, 4) is 5.69 Å². The van der Waals surface area contributed by atoms with E-state index in [1.54, 1.807) is 6.20 Å². The number of hydrogen-bond acceptors (Lipinski definition) is 1. The molecular formula is C13H8F2N2. The number of benzene rings is 2. The Balaban J connectivity index is 2.20. The molecule has 2 nitrogen and oxygen atoms in total. The standard InChI is InChI=1S/C13H8F2N2/c14-10-5-11(15)7-12(6-10)17-8-9-3-1-2-4-13(9)16-17/h1-8H. The molecule has 2 aromatic carbocycles. The van der Waals surface area contributed by atoms with Crippen LogP contribution in [0.4, 0.5) is 8.78 Å². The second-order valence-electron chi connectivity index (χ2n) is 3.76. The smallest absolute Gasteiger partial charge is 0.128 e. The first-order chi connectivity index (χ1) is 8.22. The lowest BCUT2D eigenvalue weighted by Crippen LogP contribution is -1.96. The zero-order chi connectivity index (χ0) is 11.8. The van der Waals surface area contributed by atoms with Crippen molar-refractivity contribution in [3.63, 3.8) is 0 Å². The molecule has 0 saturated carbocycles. The minimum atomic E-state index is -0.612. The van der Waals surface area contributed by atoms with Gasteiger partial charge in [-0.05, 0) is 18.2 Å². The van der Waals surface area contributed by atoms with Gasteiger partial charge in [0.1, 0.15) is 11.6 Å². The minimum Gasteiger partial charge on any atom is -0.240 e. The van der Waals surface area contributed by atoms with Crippen LogP contribution < -0.4 is 0 Å². The summed E-state index contributed by atoms with van der Waals surface area (Å²) in [6.07, 6.45) is 1.74. The van der Waals surface area contributed by atoms with E-state index in [-0.39, 0.29) is 0 Å². The van der Waals surface area contributed by atoms with Crippen molar-refractivity contribution in [1.29, 1.82) is 0 Å². The van der Waals surface area contributed by atoms with Crippen LogP contribution >= 0.6 is 0 Å². The van der Waals surface area contributed by atoms with Gasteiger partial charge in [0.15, 0.2) is 0 Å². The van der Waals surface area contributed by atoms with Crippen molar-refractivity contribution in [2.75, 3.05) is 0 Å². The quantitative estimate of drug-likeness (QED) is 0.627. The molecule has 0 saturated heterocycles. The van der Waals surface area contributed by atoms with Crippen molar-refractivity contribution in [2.45, 2.75) is 0 Å². The molecule has 0 aliphatic heterocycles. The molecule has 3 aromatic rings. The lowest BCUT2D eigenvalue weighted by molar-refractivity contribution is 0.580. The molecule has 3 rings (SSSR count). The normalized spacial score (nSPS) is 10.9. The van der Waals surface area contributed by atoms with Gasteiger partial charge >= 0.3 is 0 Å². The zero-order valence-corrected chi connectivity index (χ0v) is 8.77. The van der Waals surface area contributed by atoms with E-state index in [1.807, 2.05) is 24.3 Å². The monoisotopic (exact) mass is 230 g/mol. The van der Waals surface area contributed by atoms with Crippen molar-refractivity contribution in [3.05, 3.63) is 60.3 Å². The first-order valence-corrected chi connectivity index (χ1v) is 5.13. The van der Waals surface area contributed by atoms with Gasteiger partial charge in [-0.2, -0.15) is 5.10 Å². The summed E-state index contributed by atoms with van der Waals surface area (Å²) in [4.78, 5) is 0. The van der Waals surface area contributed by atoms with Crippen molar-refractivity contribution in [2.24, 2.45) is 0 Å². The van der Waals surface area contributed by atoms with Gasteiger partial charge in [-0.25, -0.2) is 13.5 Å². The highest BCUT2D eigenvalue weighted by molar-refractivity contribution is 5.78. The topological polar surface area (TPSA) is 17.8 Å². The van der Waals surface area contributed by atoms with E-state index in [0.717, 1.165) is 17.0 Å². The molecule has 84 valence electrons. The molecule has 0 radical (unpaired) electrons. The highest BCUT2D eigenvalue weighted by atomic mass is 19.1. The van der Waals surface area contributed by atoms with Gasteiger partial charge in [0, 0.05) is 17.6 Å². The first kappa shape index (κ1) is 9.96. The van der Waals surface area contributed by atoms with Crippen LogP contribution in [-0.4, -0.2) is 9.78 Å². The maximum absolute atomic E-state index is 13.1. The average Bonchev–Trinajstić information content (AvgIpc) is 2.71. The van der Waals surface area contributed by atoms with Crippen molar-refractivity contribution >= 4 is 10.9 Å². The minimum absolute atomic E-state index is 0.374. The van der Waals surface area contributed by atoms with Crippen molar-refractivity contribution in [1.82, 2.24) is 9.78 Å². The lowest BCUT2D eigenvalue weighted by atomic mass is 10.3. The second kappa shape index (κ2) is 3.66. The number of hydrogen-bond donors (Lipinski definition) is 0. The number of nitrogens with zero attached hydrogens (tertiary/aromatic N) is 2. The summed E-state index contributed by atoms with van der Waals surface area (Å²) in [5.74, 6) is -1.22. The Morgan fingerprint density at radius 3 is 2.35 bits per heavy atom. The summed E-state index contributed by atoms with van der Waals surface area (Å²) in [6.45, 7) is 0. The summed E-state index contributed by atoms with van der Waals surface area (Å²) < 4.78 is 27.6. The van der Waals surface area contributed by atoms with Gasteiger partial charge in [-0.3, -0.25) is 0 Å². The second-order valence-corrected chi connectivity index (χ2v) is 3.76. The van der Waals surface area contributed by atoms with Crippen LogP contribution in [0.3, 0.4) is 0 Å². The molecule has 0 atom stereocenters. The number of fused-ring (bicyclic) bond motifs is 1. The van der Waals surface area contributed by atoms with E-state index < -0.39 is 11.6 Å². The Kier molecular flexibility index (Phi) is 2.14. The fourth-order valence-corrected chi connectivity index (χ4v) is 1.77. The van der Waals surface area contributed by atoms with E-state index in [1.165, 1.54) is 16.8 Å². The average molecular weight is 230 g/mol. The Morgan fingerprint density at radius 1 is 0.941 bits per heavy atom. The third kappa shape index (κ3) is 1.78. The number of rotatable bonds is 1. The third-order valence-electron chi connectivity index (χ3n) is 2.53. The summed E-state index contributed by atoms with van der Waals surface area (Å²) in [7, 11) is 0. The molecule has 0 unspecified atom stereocenters. The summed E-state index contributed by atoms with van der Waals surface area (Å²) in [5, 5.41) is 5.18. The molecule has 0 N–H and O–H groups in total. The van der Waals surface area contributed by atoms with Crippen LogP contribution in [0.2, 0.25) is 0 Å². The van der Waals surface area contributed by atoms with Gasteiger partial charge in [-0.1, -0.05) is 18.2 Å². The van der Waals surface area contributed by atoms with E-state index in [0.29, 0.717) is 5.69 Å². The van der Waals surface area contributed by atoms with Crippen LogP contribution in [0, 0.1) is 11.6 Å². The third-order valence-corrected chi connectivity index (χ3v) is 2.53. The van der Waals surface area contributed by atoms with E-state index in [2.05, 4.69) is 5.10 Å². The Labute approximate surface area is 96.1 Å². The van der Waals surface area contributed by atoms with E-state index in [9.17, 15) is 8.78 Å². The number of halogens is 2. The zero-order valence-electron chi connectivity index (χ0n) is 8.77. The molecular weight excluding hydrogens is 222 g/mol. The van der Waals surface area contributed by atoms with Gasteiger partial charge in [0.2, 0.25) is 0 Å². The molecule has 4 heteroatoms. The Bertz CT molecular complexity index is 635. The lowest BCUT2D eigenvalue weighted by Gasteiger charge is -2.01. The van der Waals surface area contributed by atoms with Crippen LogP contribution in [0.1, 0.15) is 0 Å². The van der Waals surface area contributed by atoms with Crippen LogP contribution in [0.5, 0.6) is 0 Å². The molecule has 0 amide bonds. The Hall–Kier alpha value is -2.23. The molecule has 0 fully saturated rings. The van der Waals surface area contributed by atoms with E-state index >= 15 is 0 Å². The molecule has 0 spiro atoms. The predicted molar refractivity (Wildman–Crippen MR) is 61.0 cm³/mol. The summed E-state index contributed by atoms with van der Waals surface area (Å²) >= 11 is 0. The fourth-order valence-electron chi connectivity index (χ4n) is 1.77. The van der Waals surface area contributed by atoms with Crippen molar-refractivity contribution < 1.29 is 8.78 Å². The summed E-state index contributed by atoms with van der Waals surface area (Å²) in [6, 6.07) is 10.8. The fraction of sp³-hybridized carbons (Fsp3) is 0. The molecule has 1 aromatic heterocycles. The molecule has 1 heterocycles. The molecule has 0 aliphatic rings. The number of aromatic nitrogens is 2. The van der Waals surface area contributed by atoms with Gasteiger partial charge in [0.25, 0.3) is 0 Å². The largest absolute Gasteiger partial charge is 0.240 e. The van der Waals surface area contributed by atoms with Crippen LogP contribution in [0.25, 0.3) is 16.6 Å². The van der Waals surface area contributed by atoms with Gasteiger partial charge < -0.3 is 0 Å². The van der Waals surface area contributed by atoms with Gasteiger partial charge in [0.05, 0.1) is 11.2 Å². The van der Waals surface area contributed by atoms with E-state index in [4.69, 9.17) is 0 Å². The first-order valence-electron chi connectivity index (χ1n) is 5.13. The molecule has 0 aliphatic carbocycles. The highest BCUT2D eigenvalue weighted by Gasteiger charge is 2.05. The van der Waals surface area contributed by atoms with Crippen LogP contribution in [-0.2, 0) is 0 Å². The predicted octanol–water partition coefficient (Wildman–Crippen LogP) is 3.30. The maximum atomic E-state index is 13.1. The molecule has 0 bridgehead atoms. The van der Waals surface area contributed by atoms with Crippen LogP contribution in [0.15, 0.2) is 48.7 Å². The SMILES string of the molecule is Fc1cc(F)cc(-n2cc3ccccc3n2)c1. The summed E-state index contributed by atoms with van der Waals surface area (Å²) in [5.41, 5.74) is 1.16. The molecule has 17 heavy (non-hydrogen) atoms.